The molecule has 0 spiro atoms. The lowest BCUT2D eigenvalue weighted by Gasteiger charge is -2.08. The van der Waals surface area contributed by atoms with Crippen LogP contribution in [0.5, 0.6) is 5.75 Å². The van der Waals surface area contributed by atoms with Crippen molar-refractivity contribution in [3.8, 4) is 17.1 Å². The first-order valence-corrected chi connectivity index (χ1v) is 6.78. The third kappa shape index (κ3) is 2.90. The second kappa shape index (κ2) is 5.91. The zero-order chi connectivity index (χ0) is 14.7. The number of halogens is 1. The van der Waals surface area contributed by atoms with Gasteiger partial charge in [-0.15, -0.1) is 10.2 Å². The van der Waals surface area contributed by atoms with Crippen LogP contribution in [0, 0.1) is 5.82 Å². The van der Waals surface area contributed by atoms with E-state index in [4.69, 9.17) is 5.11 Å². The van der Waals surface area contributed by atoms with Crippen LogP contribution in [0.2, 0.25) is 0 Å². The van der Waals surface area contributed by atoms with Crippen LogP contribution in [-0.2, 0) is 11.3 Å². The molecular formula is C12H12FN3O3S. The molecule has 6 nitrogen and oxygen atoms in total. The van der Waals surface area contributed by atoms with Crippen LogP contribution < -0.4 is 0 Å². The van der Waals surface area contributed by atoms with E-state index in [1.807, 2.05) is 6.92 Å². The highest BCUT2D eigenvalue weighted by Crippen LogP contribution is 2.30. The minimum absolute atomic E-state index is 0.131. The Kier molecular flexibility index (Phi) is 4.23. The lowest BCUT2D eigenvalue weighted by molar-refractivity contribution is -0.133. The monoisotopic (exact) mass is 297 g/mol. The quantitative estimate of drug-likeness (QED) is 0.820. The number of hydrogen-bond acceptors (Lipinski definition) is 5. The van der Waals surface area contributed by atoms with Gasteiger partial charge < -0.3 is 14.8 Å². The molecule has 0 aliphatic rings. The molecule has 0 bridgehead atoms. The normalized spacial score (nSPS) is 10.7. The summed E-state index contributed by atoms with van der Waals surface area (Å²) in [6, 6.07) is 3.62. The van der Waals surface area contributed by atoms with Gasteiger partial charge in [0.25, 0.3) is 0 Å². The van der Waals surface area contributed by atoms with Gasteiger partial charge in [-0.2, -0.15) is 0 Å². The fourth-order valence-corrected chi connectivity index (χ4v) is 2.42. The predicted molar refractivity (Wildman–Crippen MR) is 71.1 cm³/mol. The maximum Gasteiger partial charge on any atom is 0.313 e. The number of phenols is 1. The largest absolute Gasteiger partial charge is 0.507 e. The molecule has 0 saturated carbocycles. The van der Waals surface area contributed by atoms with Gasteiger partial charge in [0.15, 0.2) is 11.0 Å². The summed E-state index contributed by atoms with van der Waals surface area (Å²) >= 11 is 1.04. The predicted octanol–water partition coefficient (Wildman–Crippen LogP) is 1.99. The Morgan fingerprint density at radius 3 is 2.80 bits per heavy atom. The molecule has 0 radical (unpaired) electrons. The Labute approximate surface area is 118 Å². The van der Waals surface area contributed by atoms with Gasteiger partial charge >= 0.3 is 5.97 Å². The molecule has 0 unspecified atom stereocenters. The van der Waals surface area contributed by atoms with Crippen molar-refractivity contribution in [3.63, 3.8) is 0 Å². The minimum atomic E-state index is -0.952. The van der Waals surface area contributed by atoms with Crippen LogP contribution in [0.4, 0.5) is 4.39 Å². The zero-order valence-electron chi connectivity index (χ0n) is 10.6. The summed E-state index contributed by atoms with van der Waals surface area (Å²) in [6.45, 7) is 2.35. The van der Waals surface area contributed by atoms with E-state index in [1.165, 1.54) is 12.1 Å². The van der Waals surface area contributed by atoms with Gasteiger partial charge in [0, 0.05) is 12.6 Å². The van der Waals surface area contributed by atoms with E-state index >= 15 is 0 Å². The summed E-state index contributed by atoms with van der Waals surface area (Å²) in [4.78, 5) is 10.6. The van der Waals surface area contributed by atoms with Crippen LogP contribution in [0.3, 0.4) is 0 Å². The number of aliphatic carboxylic acids is 1. The standard InChI is InChI=1S/C12H12FN3O3S/c1-2-16-11(8-4-3-7(13)5-9(8)17)14-15-12(16)20-6-10(18)19/h3-5,17H,2,6H2,1H3,(H,18,19). The summed E-state index contributed by atoms with van der Waals surface area (Å²) in [6.07, 6.45) is 0. The molecule has 0 amide bonds. The number of aromatic hydroxyl groups is 1. The Morgan fingerprint density at radius 1 is 1.45 bits per heavy atom. The summed E-state index contributed by atoms with van der Waals surface area (Å²) in [5.74, 6) is -1.49. The van der Waals surface area contributed by atoms with Gasteiger partial charge in [-0.1, -0.05) is 11.8 Å². The van der Waals surface area contributed by atoms with Crippen LogP contribution in [0.15, 0.2) is 23.4 Å². The number of nitrogens with zero attached hydrogens (tertiary/aromatic N) is 3. The van der Waals surface area contributed by atoms with Crippen LogP contribution in [0.25, 0.3) is 11.4 Å². The minimum Gasteiger partial charge on any atom is -0.507 e. The van der Waals surface area contributed by atoms with E-state index in [9.17, 15) is 14.3 Å². The number of phenolic OH excluding ortho intramolecular Hbond substituents is 1. The van der Waals surface area contributed by atoms with Crippen molar-refractivity contribution >= 4 is 17.7 Å². The first kappa shape index (κ1) is 14.3. The van der Waals surface area contributed by atoms with Crippen LogP contribution in [0.1, 0.15) is 6.92 Å². The average molecular weight is 297 g/mol. The van der Waals surface area contributed by atoms with Crippen molar-refractivity contribution in [2.24, 2.45) is 0 Å². The van der Waals surface area contributed by atoms with Crippen LogP contribution in [-0.4, -0.2) is 36.7 Å². The summed E-state index contributed by atoms with van der Waals surface area (Å²) < 4.78 is 14.7. The molecule has 0 aliphatic heterocycles. The highest BCUT2D eigenvalue weighted by atomic mass is 32.2. The highest BCUT2D eigenvalue weighted by molar-refractivity contribution is 7.99. The molecule has 0 fully saturated rings. The number of carboxylic acids is 1. The molecule has 106 valence electrons. The Balaban J connectivity index is 2.39. The summed E-state index contributed by atoms with van der Waals surface area (Å²) in [5, 5.41) is 26.7. The maximum atomic E-state index is 13.0. The Bertz CT molecular complexity index is 645. The van der Waals surface area contributed by atoms with Gasteiger partial charge in [0.05, 0.1) is 11.3 Å². The van der Waals surface area contributed by atoms with Crippen molar-refractivity contribution in [1.29, 1.82) is 0 Å². The van der Waals surface area contributed by atoms with E-state index in [1.54, 1.807) is 4.57 Å². The molecule has 20 heavy (non-hydrogen) atoms. The van der Waals surface area contributed by atoms with Crippen molar-refractivity contribution in [2.75, 3.05) is 5.75 Å². The van der Waals surface area contributed by atoms with Gasteiger partial charge in [-0.3, -0.25) is 4.79 Å². The van der Waals surface area contributed by atoms with Gasteiger partial charge in [0.2, 0.25) is 0 Å². The maximum absolute atomic E-state index is 13.0. The topological polar surface area (TPSA) is 88.2 Å². The van der Waals surface area contributed by atoms with Crippen molar-refractivity contribution in [2.45, 2.75) is 18.6 Å². The second-order valence-corrected chi connectivity index (χ2v) is 4.84. The SMILES string of the molecule is CCn1c(SCC(=O)O)nnc1-c1ccc(F)cc1O. The van der Waals surface area contributed by atoms with E-state index in [0.29, 0.717) is 23.1 Å². The van der Waals surface area contributed by atoms with Gasteiger partial charge in [-0.25, -0.2) is 4.39 Å². The number of aromatic nitrogens is 3. The second-order valence-electron chi connectivity index (χ2n) is 3.89. The molecule has 1 aromatic heterocycles. The molecule has 1 heterocycles. The van der Waals surface area contributed by atoms with E-state index < -0.39 is 11.8 Å². The molecule has 0 aliphatic carbocycles. The first-order chi connectivity index (χ1) is 9.52. The Hall–Kier alpha value is -2.09. The van der Waals surface area contributed by atoms with Crippen molar-refractivity contribution in [1.82, 2.24) is 14.8 Å². The van der Waals surface area contributed by atoms with Gasteiger partial charge in [-0.05, 0) is 19.1 Å². The molecule has 0 atom stereocenters. The van der Waals surface area contributed by atoms with E-state index in [-0.39, 0.29) is 11.5 Å². The first-order valence-electron chi connectivity index (χ1n) is 5.79. The number of thioether (sulfide) groups is 1. The number of rotatable bonds is 5. The molecule has 1 aromatic carbocycles. The molecule has 0 saturated heterocycles. The smallest absolute Gasteiger partial charge is 0.313 e. The molecular weight excluding hydrogens is 285 g/mol. The fourth-order valence-electron chi connectivity index (χ4n) is 1.70. The summed E-state index contributed by atoms with van der Waals surface area (Å²) in [5.41, 5.74) is 0.350. The van der Waals surface area contributed by atoms with Crippen LogP contribution >= 0.6 is 11.8 Å². The summed E-state index contributed by atoms with van der Waals surface area (Å²) in [7, 11) is 0. The lowest BCUT2D eigenvalue weighted by atomic mass is 10.2. The number of carboxylic acid groups (broad SMARTS) is 1. The van der Waals surface area contributed by atoms with E-state index in [2.05, 4.69) is 10.2 Å². The zero-order valence-corrected chi connectivity index (χ0v) is 11.4. The number of hydrogen-bond donors (Lipinski definition) is 2. The number of carbonyl (C=O) groups is 1. The molecule has 8 heteroatoms. The Morgan fingerprint density at radius 2 is 2.20 bits per heavy atom. The average Bonchev–Trinajstić information content (AvgIpc) is 2.79. The highest BCUT2D eigenvalue weighted by Gasteiger charge is 2.17. The van der Waals surface area contributed by atoms with Crippen molar-refractivity contribution in [3.05, 3.63) is 24.0 Å². The molecule has 2 rings (SSSR count). The van der Waals surface area contributed by atoms with Crippen molar-refractivity contribution < 1.29 is 19.4 Å². The number of benzene rings is 1. The third-order valence-electron chi connectivity index (χ3n) is 2.56. The lowest BCUT2D eigenvalue weighted by Crippen LogP contribution is -2.03. The fraction of sp³-hybridized carbons (Fsp3) is 0.250. The molecule has 2 N–H and O–H groups in total. The third-order valence-corrected chi connectivity index (χ3v) is 3.51. The molecule has 2 aromatic rings. The van der Waals surface area contributed by atoms with E-state index in [0.717, 1.165) is 17.8 Å². The van der Waals surface area contributed by atoms with Gasteiger partial charge in [0.1, 0.15) is 11.6 Å².